The Morgan fingerprint density at radius 2 is 1.78 bits per heavy atom. The van der Waals surface area contributed by atoms with Gasteiger partial charge in [-0.2, -0.15) is 0 Å². The van der Waals surface area contributed by atoms with E-state index in [0.29, 0.717) is 23.7 Å². The van der Waals surface area contributed by atoms with Gasteiger partial charge in [-0.25, -0.2) is 0 Å². The van der Waals surface area contributed by atoms with Crippen LogP contribution in [-0.2, 0) is 17.9 Å². The molecule has 4 rings (SSSR count). The summed E-state index contributed by atoms with van der Waals surface area (Å²) in [5.74, 6) is 0.671. The van der Waals surface area contributed by atoms with Crippen molar-refractivity contribution in [1.82, 2.24) is 4.57 Å². The Morgan fingerprint density at radius 1 is 1.06 bits per heavy atom. The second kappa shape index (κ2) is 10.5. The van der Waals surface area contributed by atoms with Crippen molar-refractivity contribution in [3.8, 4) is 22.9 Å². The van der Waals surface area contributed by atoms with E-state index in [1.54, 1.807) is 6.92 Å². The molecule has 0 aliphatic carbocycles. The maximum absolute atomic E-state index is 13.5. The highest BCUT2D eigenvalue weighted by molar-refractivity contribution is 5.69. The minimum Gasteiger partial charge on any atom is -0.483 e. The first-order valence-electron chi connectivity index (χ1n) is 11.1. The Kier molecular flexibility index (Phi) is 7.24. The molecule has 1 fully saturated rings. The van der Waals surface area contributed by atoms with E-state index >= 15 is 0 Å². The van der Waals surface area contributed by atoms with Crippen LogP contribution in [0.3, 0.4) is 0 Å². The number of rotatable bonds is 8. The van der Waals surface area contributed by atoms with Gasteiger partial charge in [0, 0.05) is 18.5 Å². The first-order valence-corrected chi connectivity index (χ1v) is 11.1. The van der Waals surface area contributed by atoms with Crippen LogP contribution in [0.4, 0.5) is 0 Å². The van der Waals surface area contributed by atoms with Crippen LogP contribution in [0.2, 0.25) is 0 Å². The van der Waals surface area contributed by atoms with Gasteiger partial charge in [0.15, 0.2) is 5.75 Å². The maximum Gasteiger partial charge on any atom is 0.230 e. The van der Waals surface area contributed by atoms with Crippen molar-refractivity contribution < 1.29 is 19.3 Å². The molecule has 1 N–H and O–H groups in total. The van der Waals surface area contributed by atoms with Crippen molar-refractivity contribution >= 4 is 0 Å². The third-order valence-corrected chi connectivity index (χ3v) is 5.58. The molecule has 1 aliphatic rings. The number of aliphatic hydroxyl groups excluding tert-OH is 1. The van der Waals surface area contributed by atoms with Crippen molar-refractivity contribution in [2.24, 2.45) is 0 Å². The average Bonchev–Trinajstić information content (AvgIpc) is 2.84. The Balaban J connectivity index is 1.83. The molecule has 1 unspecified atom stereocenters. The first-order chi connectivity index (χ1) is 15.7. The molecule has 0 radical (unpaired) electrons. The lowest BCUT2D eigenvalue weighted by molar-refractivity contribution is -0.109. The Hall–Kier alpha value is -3.09. The maximum atomic E-state index is 13.5. The largest absolute Gasteiger partial charge is 0.483 e. The molecule has 6 nitrogen and oxygen atoms in total. The van der Waals surface area contributed by atoms with E-state index in [1.165, 1.54) is 0 Å². The summed E-state index contributed by atoms with van der Waals surface area (Å²) in [5.41, 5.74) is 2.59. The second-order valence-electron chi connectivity index (χ2n) is 7.87. The number of ether oxygens (including phenoxy) is 3. The molecular weight excluding hydrogens is 406 g/mol. The predicted octanol–water partition coefficient (Wildman–Crippen LogP) is 4.30. The van der Waals surface area contributed by atoms with Crippen molar-refractivity contribution in [3.05, 3.63) is 82.0 Å². The standard InChI is InChI=1S/C26H29NO5/c1-19-24(29)25(31-18-20-10-4-2-5-11-20)23(21-12-6-3-7-13-21)27(15-16-28)26(19)32-22-14-8-9-17-30-22/h2-7,10-13,22,28H,8-9,14-18H2,1H3. The van der Waals surface area contributed by atoms with Crippen LogP contribution in [0.5, 0.6) is 11.6 Å². The van der Waals surface area contributed by atoms with E-state index in [4.69, 9.17) is 14.2 Å². The Bertz CT molecular complexity index is 1070. The van der Waals surface area contributed by atoms with E-state index in [9.17, 15) is 9.90 Å². The minimum absolute atomic E-state index is 0.109. The summed E-state index contributed by atoms with van der Waals surface area (Å²) >= 11 is 0. The zero-order valence-corrected chi connectivity index (χ0v) is 18.3. The highest BCUT2D eigenvalue weighted by Crippen LogP contribution is 2.34. The summed E-state index contributed by atoms with van der Waals surface area (Å²) in [6.45, 7) is 2.79. The number of hydrogen-bond acceptors (Lipinski definition) is 5. The fourth-order valence-electron chi connectivity index (χ4n) is 3.94. The highest BCUT2D eigenvalue weighted by atomic mass is 16.7. The fourth-order valence-corrected chi connectivity index (χ4v) is 3.94. The molecule has 0 amide bonds. The third kappa shape index (κ3) is 4.87. The molecule has 3 aromatic rings. The fraction of sp³-hybridized carbons (Fsp3) is 0.346. The monoisotopic (exact) mass is 435 g/mol. The number of benzene rings is 2. The molecule has 6 heteroatoms. The van der Waals surface area contributed by atoms with Gasteiger partial charge in [0.2, 0.25) is 17.6 Å². The normalized spacial score (nSPS) is 16.0. The molecule has 2 aromatic carbocycles. The summed E-state index contributed by atoms with van der Waals surface area (Å²) in [6, 6.07) is 19.3. The van der Waals surface area contributed by atoms with Gasteiger partial charge in [0.1, 0.15) is 6.61 Å². The van der Waals surface area contributed by atoms with Gasteiger partial charge in [-0.05, 0) is 25.3 Å². The molecule has 1 aliphatic heterocycles. The predicted molar refractivity (Wildman–Crippen MR) is 123 cm³/mol. The molecule has 32 heavy (non-hydrogen) atoms. The lowest BCUT2D eigenvalue weighted by Crippen LogP contribution is -2.29. The van der Waals surface area contributed by atoms with Gasteiger partial charge < -0.3 is 23.9 Å². The van der Waals surface area contributed by atoms with Crippen LogP contribution in [0, 0.1) is 6.92 Å². The molecule has 2 heterocycles. The van der Waals surface area contributed by atoms with Crippen LogP contribution in [0.25, 0.3) is 11.3 Å². The Labute approximate surface area is 188 Å². The molecule has 1 saturated heterocycles. The minimum atomic E-state index is -0.411. The van der Waals surface area contributed by atoms with Crippen LogP contribution in [0.1, 0.15) is 30.4 Å². The topological polar surface area (TPSA) is 69.9 Å². The van der Waals surface area contributed by atoms with Crippen molar-refractivity contribution in [2.45, 2.75) is 45.6 Å². The molecular formula is C26H29NO5. The van der Waals surface area contributed by atoms with Crippen molar-refractivity contribution in [3.63, 3.8) is 0 Å². The molecule has 0 saturated carbocycles. The van der Waals surface area contributed by atoms with E-state index in [0.717, 1.165) is 30.4 Å². The van der Waals surface area contributed by atoms with Crippen LogP contribution in [0.15, 0.2) is 65.5 Å². The summed E-state index contributed by atoms with van der Waals surface area (Å²) < 4.78 is 19.9. The van der Waals surface area contributed by atoms with Crippen molar-refractivity contribution in [1.29, 1.82) is 0 Å². The number of aromatic nitrogens is 1. The Morgan fingerprint density at radius 3 is 2.44 bits per heavy atom. The molecule has 0 spiro atoms. The number of pyridine rings is 1. The lowest BCUT2D eigenvalue weighted by Gasteiger charge is -2.28. The zero-order chi connectivity index (χ0) is 22.3. The van der Waals surface area contributed by atoms with Gasteiger partial charge in [-0.3, -0.25) is 4.79 Å². The zero-order valence-electron chi connectivity index (χ0n) is 18.3. The average molecular weight is 436 g/mol. The van der Waals surface area contributed by atoms with Gasteiger partial charge in [0.25, 0.3) is 0 Å². The van der Waals surface area contributed by atoms with Crippen LogP contribution >= 0.6 is 0 Å². The van der Waals surface area contributed by atoms with E-state index in [-0.39, 0.29) is 30.9 Å². The number of aliphatic hydroxyl groups is 1. The van der Waals surface area contributed by atoms with E-state index in [1.807, 2.05) is 65.2 Å². The van der Waals surface area contributed by atoms with E-state index < -0.39 is 6.29 Å². The van der Waals surface area contributed by atoms with E-state index in [2.05, 4.69) is 0 Å². The smallest absolute Gasteiger partial charge is 0.230 e. The molecule has 168 valence electrons. The van der Waals surface area contributed by atoms with Crippen LogP contribution < -0.4 is 14.9 Å². The van der Waals surface area contributed by atoms with Gasteiger partial charge >= 0.3 is 0 Å². The second-order valence-corrected chi connectivity index (χ2v) is 7.87. The number of hydrogen-bond donors (Lipinski definition) is 1. The quantitative estimate of drug-likeness (QED) is 0.571. The summed E-state index contributed by atoms with van der Waals surface area (Å²) in [5, 5.41) is 9.85. The van der Waals surface area contributed by atoms with Gasteiger partial charge in [-0.1, -0.05) is 60.7 Å². The van der Waals surface area contributed by atoms with Crippen molar-refractivity contribution in [2.75, 3.05) is 13.2 Å². The summed E-state index contributed by atoms with van der Waals surface area (Å²) in [4.78, 5) is 13.5. The summed E-state index contributed by atoms with van der Waals surface area (Å²) in [7, 11) is 0. The number of nitrogens with zero attached hydrogens (tertiary/aromatic N) is 1. The van der Waals surface area contributed by atoms with Gasteiger partial charge in [0.05, 0.1) is 24.5 Å². The SMILES string of the molecule is Cc1c(OC2CCCCO2)n(CCO)c(-c2ccccc2)c(OCc2ccccc2)c1=O. The third-order valence-electron chi connectivity index (χ3n) is 5.58. The molecule has 1 atom stereocenters. The van der Waals surface area contributed by atoms with Crippen LogP contribution in [-0.4, -0.2) is 29.2 Å². The summed E-state index contributed by atoms with van der Waals surface area (Å²) in [6.07, 6.45) is 2.37. The lowest BCUT2D eigenvalue weighted by atomic mass is 10.1. The first kappa shape index (κ1) is 22.1. The van der Waals surface area contributed by atoms with Gasteiger partial charge in [-0.15, -0.1) is 0 Å². The molecule has 1 aromatic heterocycles. The highest BCUT2D eigenvalue weighted by Gasteiger charge is 2.26. The molecule has 0 bridgehead atoms.